The second-order valence-electron chi connectivity index (χ2n) is 5.59. The van der Waals surface area contributed by atoms with E-state index in [-0.39, 0.29) is 11.5 Å². The van der Waals surface area contributed by atoms with Crippen LogP contribution in [0.15, 0.2) is 64.9 Å². The molecule has 7 nitrogen and oxygen atoms in total. The summed E-state index contributed by atoms with van der Waals surface area (Å²) in [5, 5.41) is 11.6. The normalized spacial score (nSPS) is 11.3. The summed E-state index contributed by atoms with van der Waals surface area (Å²) in [5.41, 5.74) is 5.23. The van der Waals surface area contributed by atoms with Gasteiger partial charge in [-0.1, -0.05) is 54.2 Å². The lowest BCUT2D eigenvalue weighted by molar-refractivity contribution is 0.102. The van der Waals surface area contributed by atoms with Crippen molar-refractivity contribution >= 4 is 29.2 Å². The van der Waals surface area contributed by atoms with Crippen LogP contribution in [0.4, 0.5) is 5.95 Å². The van der Waals surface area contributed by atoms with Gasteiger partial charge in [0.2, 0.25) is 11.1 Å². The summed E-state index contributed by atoms with van der Waals surface area (Å²) in [6, 6.07) is 16.8. The number of carbonyl (C=O) groups is 1. The molecule has 2 N–H and O–H groups in total. The van der Waals surface area contributed by atoms with E-state index in [9.17, 15) is 4.79 Å². The van der Waals surface area contributed by atoms with Crippen molar-refractivity contribution in [3.63, 3.8) is 0 Å². The van der Waals surface area contributed by atoms with Crippen LogP contribution in [0.25, 0.3) is 0 Å². The van der Waals surface area contributed by atoms with Gasteiger partial charge in [0, 0.05) is 11.1 Å². The zero-order valence-corrected chi connectivity index (χ0v) is 15.8. The molecule has 8 heteroatoms. The van der Waals surface area contributed by atoms with E-state index in [1.807, 2.05) is 49.4 Å². The van der Waals surface area contributed by atoms with E-state index in [0.29, 0.717) is 16.7 Å². The van der Waals surface area contributed by atoms with Crippen molar-refractivity contribution < 1.29 is 9.53 Å². The van der Waals surface area contributed by atoms with Crippen molar-refractivity contribution in [3.05, 3.63) is 65.7 Å². The Morgan fingerprint density at radius 2 is 1.96 bits per heavy atom. The van der Waals surface area contributed by atoms with E-state index in [2.05, 4.69) is 25.7 Å². The smallest absolute Gasteiger partial charge is 0.240 e. The molecular weight excluding hydrogens is 362 g/mol. The molecule has 0 radical (unpaired) electrons. The van der Waals surface area contributed by atoms with Crippen LogP contribution in [-0.2, 0) is 0 Å². The van der Waals surface area contributed by atoms with E-state index in [4.69, 9.17) is 4.74 Å². The first-order valence-corrected chi connectivity index (χ1v) is 9.22. The number of aromatic nitrogens is 3. The maximum atomic E-state index is 12.1. The molecule has 0 aliphatic carbocycles. The van der Waals surface area contributed by atoms with Crippen molar-refractivity contribution in [2.24, 2.45) is 5.10 Å². The molecule has 0 saturated carbocycles. The Balaban J connectivity index is 1.56. The zero-order valence-electron chi connectivity index (χ0n) is 15.0. The first-order valence-electron chi connectivity index (χ1n) is 8.24. The van der Waals surface area contributed by atoms with Gasteiger partial charge in [-0.05, 0) is 19.1 Å². The number of anilines is 1. The van der Waals surface area contributed by atoms with E-state index in [0.717, 1.165) is 17.0 Å². The minimum atomic E-state index is 0.0341. The Morgan fingerprint density at radius 3 is 2.74 bits per heavy atom. The Kier molecular flexibility index (Phi) is 6.22. The topological polar surface area (TPSA) is 92.3 Å². The molecule has 0 atom stereocenters. The van der Waals surface area contributed by atoms with Crippen LogP contribution in [0.2, 0.25) is 0 Å². The summed E-state index contributed by atoms with van der Waals surface area (Å²) in [5.74, 6) is 1.48. The molecule has 0 unspecified atom stereocenters. The lowest BCUT2D eigenvalue weighted by Crippen LogP contribution is -2.02. The molecule has 0 saturated heterocycles. The molecule has 3 rings (SSSR count). The van der Waals surface area contributed by atoms with Crippen molar-refractivity contribution in [1.82, 2.24) is 15.2 Å². The fourth-order valence-corrected chi connectivity index (χ4v) is 2.94. The number of rotatable bonds is 8. The number of ether oxygens (including phenoxy) is 1. The van der Waals surface area contributed by atoms with E-state index < -0.39 is 0 Å². The second-order valence-corrected chi connectivity index (χ2v) is 6.53. The van der Waals surface area contributed by atoms with Crippen molar-refractivity contribution in [1.29, 1.82) is 0 Å². The molecule has 0 aliphatic rings. The van der Waals surface area contributed by atoms with Crippen LogP contribution in [0, 0.1) is 0 Å². The van der Waals surface area contributed by atoms with Crippen LogP contribution >= 0.6 is 11.8 Å². The number of hydrazone groups is 1. The molecule has 2 aromatic carbocycles. The Bertz CT molecular complexity index is 940. The van der Waals surface area contributed by atoms with Gasteiger partial charge in [0.1, 0.15) is 5.75 Å². The van der Waals surface area contributed by atoms with Crippen LogP contribution < -0.4 is 10.2 Å². The van der Waals surface area contributed by atoms with Crippen LogP contribution in [0.1, 0.15) is 22.8 Å². The van der Waals surface area contributed by atoms with E-state index in [1.54, 1.807) is 19.2 Å². The molecule has 3 aromatic rings. The number of Topliss-reactive ketones (excluding diaryl/α,β-unsaturated/α-hetero) is 1. The molecule has 1 aromatic heterocycles. The molecule has 0 spiro atoms. The van der Waals surface area contributed by atoms with Crippen LogP contribution in [0.3, 0.4) is 0 Å². The average molecular weight is 381 g/mol. The second kappa shape index (κ2) is 9.00. The lowest BCUT2D eigenvalue weighted by Gasteiger charge is -2.04. The van der Waals surface area contributed by atoms with Gasteiger partial charge in [-0.25, -0.2) is 10.5 Å². The average Bonchev–Trinajstić information content (AvgIpc) is 3.18. The third-order valence-corrected chi connectivity index (χ3v) is 4.56. The van der Waals surface area contributed by atoms with Gasteiger partial charge < -0.3 is 4.74 Å². The van der Waals surface area contributed by atoms with Gasteiger partial charge in [-0.2, -0.15) is 10.1 Å². The van der Waals surface area contributed by atoms with Gasteiger partial charge in [-0.15, -0.1) is 5.10 Å². The standard InChI is InChI=1S/C19H19N5O2S/c1-13(15-9-6-10-16(11-15)26-2)21-22-18-20-19(24-23-18)27-12-17(25)14-7-4-3-5-8-14/h3-11H,12H2,1-2H3,(H2,20,22,23,24)/b21-13+. The van der Waals surface area contributed by atoms with Crippen LogP contribution in [-0.4, -0.2) is 39.5 Å². The maximum absolute atomic E-state index is 12.1. The number of ketones is 1. The third-order valence-electron chi connectivity index (χ3n) is 3.71. The Morgan fingerprint density at radius 1 is 1.19 bits per heavy atom. The zero-order chi connectivity index (χ0) is 19.1. The minimum Gasteiger partial charge on any atom is -0.497 e. The predicted molar refractivity (Wildman–Crippen MR) is 107 cm³/mol. The summed E-state index contributed by atoms with van der Waals surface area (Å²) in [6.07, 6.45) is 0. The van der Waals surface area contributed by atoms with Crippen LogP contribution in [0.5, 0.6) is 5.75 Å². The third kappa shape index (κ3) is 5.18. The maximum Gasteiger partial charge on any atom is 0.240 e. The summed E-state index contributed by atoms with van der Waals surface area (Å²) in [6.45, 7) is 1.88. The number of methoxy groups -OCH3 is 1. The number of aromatic amines is 1. The van der Waals surface area contributed by atoms with Gasteiger partial charge in [-0.3, -0.25) is 4.79 Å². The molecule has 27 heavy (non-hydrogen) atoms. The summed E-state index contributed by atoms with van der Waals surface area (Å²) in [7, 11) is 1.63. The van der Waals surface area contributed by atoms with Crippen molar-refractivity contribution in [2.45, 2.75) is 12.1 Å². The first-order chi connectivity index (χ1) is 13.2. The number of thioether (sulfide) groups is 1. The highest BCUT2D eigenvalue weighted by Gasteiger charge is 2.09. The number of hydrogen-bond donors (Lipinski definition) is 2. The molecule has 0 amide bonds. The molecule has 138 valence electrons. The molecule has 0 aliphatic heterocycles. The highest BCUT2D eigenvalue weighted by Crippen LogP contribution is 2.17. The molecule has 0 fully saturated rings. The fraction of sp³-hybridized carbons (Fsp3) is 0.158. The van der Waals surface area contributed by atoms with Crippen molar-refractivity contribution in [3.8, 4) is 5.75 Å². The monoisotopic (exact) mass is 381 g/mol. The van der Waals surface area contributed by atoms with Gasteiger partial charge >= 0.3 is 0 Å². The fourth-order valence-electron chi connectivity index (χ4n) is 2.25. The summed E-state index contributed by atoms with van der Waals surface area (Å²) in [4.78, 5) is 16.4. The first kappa shape index (κ1) is 18.7. The van der Waals surface area contributed by atoms with Gasteiger partial charge in [0.15, 0.2) is 5.78 Å². The molecule has 1 heterocycles. The highest BCUT2D eigenvalue weighted by atomic mass is 32.2. The van der Waals surface area contributed by atoms with Gasteiger partial charge in [0.25, 0.3) is 0 Å². The number of nitrogens with one attached hydrogen (secondary N) is 2. The number of benzene rings is 2. The molecule has 0 bridgehead atoms. The SMILES string of the molecule is COc1cccc(/C(C)=N/Nc2nc(SCC(=O)c3ccccc3)n[nH]2)c1. The number of hydrogen-bond acceptors (Lipinski definition) is 7. The Hall–Kier alpha value is -3.13. The number of H-pyrrole nitrogens is 1. The van der Waals surface area contributed by atoms with E-state index in [1.165, 1.54) is 11.8 Å². The number of carbonyl (C=O) groups excluding carboxylic acids is 1. The van der Waals surface area contributed by atoms with E-state index >= 15 is 0 Å². The summed E-state index contributed by atoms with van der Waals surface area (Å²) < 4.78 is 5.22. The predicted octanol–water partition coefficient (Wildman–Crippen LogP) is 3.62. The lowest BCUT2D eigenvalue weighted by atomic mass is 10.1. The minimum absolute atomic E-state index is 0.0341. The number of nitrogens with zero attached hydrogens (tertiary/aromatic N) is 3. The quantitative estimate of drug-likeness (QED) is 0.268. The Labute approximate surface area is 161 Å². The van der Waals surface area contributed by atoms with Gasteiger partial charge in [0.05, 0.1) is 18.6 Å². The summed E-state index contributed by atoms with van der Waals surface area (Å²) >= 11 is 1.27. The molecular formula is C19H19N5O2S. The highest BCUT2D eigenvalue weighted by molar-refractivity contribution is 7.99. The largest absolute Gasteiger partial charge is 0.497 e. The van der Waals surface area contributed by atoms with Crippen molar-refractivity contribution in [2.75, 3.05) is 18.3 Å².